The van der Waals surface area contributed by atoms with Gasteiger partial charge in [0.25, 0.3) is 0 Å². The molecule has 0 aliphatic carbocycles. The predicted molar refractivity (Wildman–Crippen MR) is 69.9 cm³/mol. The van der Waals surface area contributed by atoms with Gasteiger partial charge in [-0.2, -0.15) is 0 Å². The van der Waals surface area contributed by atoms with Crippen LogP contribution in [0.5, 0.6) is 0 Å². The summed E-state index contributed by atoms with van der Waals surface area (Å²) in [7, 11) is 0. The Morgan fingerprint density at radius 3 is 2.76 bits per heavy atom. The van der Waals surface area contributed by atoms with Gasteiger partial charge in [-0.15, -0.1) is 0 Å². The van der Waals surface area contributed by atoms with Crippen molar-refractivity contribution in [3.05, 3.63) is 18.0 Å². The van der Waals surface area contributed by atoms with Gasteiger partial charge in [-0.3, -0.25) is 0 Å². The summed E-state index contributed by atoms with van der Waals surface area (Å²) in [6.45, 7) is 6.21. The zero-order valence-electron chi connectivity index (χ0n) is 10.4. The zero-order valence-corrected chi connectivity index (χ0v) is 10.4. The normalized spacial score (nSPS) is 11.1. The van der Waals surface area contributed by atoms with Crippen LogP contribution in [0.4, 0.5) is 11.8 Å². The van der Waals surface area contributed by atoms with Crippen LogP contribution >= 0.6 is 0 Å². The Hall–Kier alpha value is -1.91. The summed E-state index contributed by atoms with van der Waals surface area (Å²) in [5.41, 5.74) is 7.42. The minimum atomic E-state index is 0.273. The average molecular weight is 231 g/mol. The third kappa shape index (κ3) is 2.43. The molecule has 0 aliphatic heterocycles. The average Bonchev–Trinajstić information content (AvgIpc) is 2.28. The largest absolute Gasteiger partial charge is 0.368 e. The van der Waals surface area contributed by atoms with Gasteiger partial charge in [0.05, 0.1) is 0 Å². The van der Waals surface area contributed by atoms with Gasteiger partial charge >= 0.3 is 0 Å². The molecule has 0 aromatic carbocycles. The monoisotopic (exact) mass is 231 g/mol. The van der Waals surface area contributed by atoms with Gasteiger partial charge < -0.3 is 11.1 Å². The predicted octanol–water partition coefficient (Wildman–Crippen LogP) is 1.99. The van der Waals surface area contributed by atoms with E-state index in [0.717, 1.165) is 28.8 Å². The number of aromatic nitrogens is 3. The first-order valence-corrected chi connectivity index (χ1v) is 5.78. The van der Waals surface area contributed by atoms with E-state index < -0.39 is 0 Å². The molecule has 0 spiro atoms. The molecule has 2 heterocycles. The molecular weight excluding hydrogens is 214 g/mol. The number of nitrogens with two attached hydrogens (primary N) is 1. The van der Waals surface area contributed by atoms with Crippen LogP contribution in [0.1, 0.15) is 26.5 Å². The number of aryl methyl sites for hydroxylation is 1. The van der Waals surface area contributed by atoms with E-state index in [2.05, 4.69) is 41.0 Å². The number of hydrogen-bond acceptors (Lipinski definition) is 5. The van der Waals surface area contributed by atoms with Crippen molar-refractivity contribution in [2.75, 3.05) is 11.1 Å². The van der Waals surface area contributed by atoms with Gasteiger partial charge in [0.1, 0.15) is 5.52 Å². The summed E-state index contributed by atoms with van der Waals surface area (Å²) in [6.07, 6.45) is 2.62. The molecule has 5 nitrogen and oxygen atoms in total. The number of anilines is 2. The second-order valence-corrected chi connectivity index (χ2v) is 4.28. The maximum Gasteiger partial charge on any atom is 0.220 e. The lowest BCUT2D eigenvalue weighted by atomic mass is 10.2. The molecule has 2 aromatic heterocycles. The second-order valence-electron chi connectivity index (χ2n) is 4.28. The summed E-state index contributed by atoms with van der Waals surface area (Å²) in [6, 6.07) is 2.30. The van der Waals surface area contributed by atoms with Gasteiger partial charge in [-0.05, 0) is 26.3 Å². The van der Waals surface area contributed by atoms with E-state index in [0.29, 0.717) is 6.04 Å². The fourth-order valence-corrected chi connectivity index (χ4v) is 1.66. The molecule has 2 aromatic rings. The molecule has 0 radical (unpaired) electrons. The van der Waals surface area contributed by atoms with Crippen molar-refractivity contribution in [2.45, 2.75) is 33.2 Å². The van der Waals surface area contributed by atoms with Crippen LogP contribution in [0.25, 0.3) is 10.9 Å². The molecule has 0 bridgehead atoms. The molecule has 0 aliphatic rings. The van der Waals surface area contributed by atoms with Crippen molar-refractivity contribution >= 4 is 22.7 Å². The molecule has 0 saturated heterocycles. The van der Waals surface area contributed by atoms with Crippen LogP contribution in [0.2, 0.25) is 0 Å². The Morgan fingerprint density at radius 2 is 2.12 bits per heavy atom. The molecule has 17 heavy (non-hydrogen) atoms. The van der Waals surface area contributed by atoms with Crippen LogP contribution in [0.15, 0.2) is 12.3 Å². The van der Waals surface area contributed by atoms with Gasteiger partial charge in [-0.25, -0.2) is 15.0 Å². The Bertz CT molecular complexity index is 536. The topological polar surface area (TPSA) is 76.7 Å². The number of nitrogen functional groups attached to an aromatic ring is 1. The smallest absolute Gasteiger partial charge is 0.220 e. The van der Waals surface area contributed by atoms with E-state index in [4.69, 9.17) is 5.73 Å². The summed E-state index contributed by atoms with van der Waals surface area (Å²) in [4.78, 5) is 12.8. The summed E-state index contributed by atoms with van der Waals surface area (Å²) >= 11 is 0. The second kappa shape index (κ2) is 4.53. The van der Waals surface area contributed by atoms with Crippen molar-refractivity contribution < 1.29 is 0 Å². The number of nitrogens with zero attached hydrogens (tertiary/aromatic N) is 3. The Balaban J connectivity index is 2.63. The van der Waals surface area contributed by atoms with Gasteiger partial charge in [-0.1, -0.05) is 6.92 Å². The third-order valence-corrected chi connectivity index (χ3v) is 2.43. The van der Waals surface area contributed by atoms with Crippen molar-refractivity contribution in [2.24, 2.45) is 0 Å². The Morgan fingerprint density at radius 1 is 1.35 bits per heavy atom. The molecule has 0 saturated carbocycles. The van der Waals surface area contributed by atoms with Crippen molar-refractivity contribution in [3.63, 3.8) is 0 Å². The standard InChI is InChI=1S/C12H17N5/c1-4-9-5-8-6-14-12(13)17-10(8)11(16-9)15-7(2)3/h5-7H,4H2,1-3H3,(H,15,16)(H2,13,14,17). The zero-order chi connectivity index (χ0) is 12.4. The van der Waals surface area contributed by atoms with Crippen LogP contribution in [-0.2, 0) is 6.42 Å². The highest BCUT2D eigenvalue weighted by atomic mass is 15.1. The SMILES string of the molecule is CCc1cc2cnc(N)nc2c(NC(C)C)n1. The summed E-state index contributed by atoms with van der Waals surface area (Å²) in [5, 5.41) is 4.26. The van der Waals surface area contributed by atoms with Gasteiger partial charge in [0, 0.05) is 23.3 Å². The molecule has 0 fully saturated rings. The van der Waals surface area contributed by atoms with Crippen LogP contribution < -0.4 is 11.1 Å². The lowest BCUT2D eigenvalue weighted by molar-refractivity contribution is 0.884. The maximum atomic E-state index is 5.62. The quantitative estimate of drug-likeness (QED) is 0.844. The fraction of sp³-hybridized carbons (Fsp3) is 0.417. The number of pyridine rings is 1. The van der Waals surface area contributed by atoms with Gasteiger partial charge in [0.2, 0.25) is 5.95 Å². The molecule has 2 rings (SSSR count). The maximum absolute atomic E-state index is 5.62. The number of hydrogen-bond donors (Lipinski definition) is 2. The summed E-state index contributed by atoms with van der Waals surface area (Å²) < 4.78 is 0. The van der Waals surface area contributed by atoms with E-state index in [9.17, 15) is 0 Å². The summed E-state index contributed by atoms with van der Waals surface area (Å²) in [5.74, 6) is 1.05. The van der Waals surface area contributed by atoms with Crippen LogP contribution in [0, 0.1) is 0 Å². The van der Waals surface area contributed by atoms with Gasteiger partial charge in [0.15, 0.2) is 5.82 Å². The lowest BCUT2D eigenvalue weighted by Gasteiger charge is -2.12. The molecule has 0 unspecified atom stereocenters. The first-order valence-electron chi connectivity index (χ1n) is 5.78. The highest BCUT2D eigenvalue weighted by molar-refractivity contribution is 5.88. The first-order chi connectivity index (χ1) is 8.10. The fourth-order valence-electron chi connectivity index (χ4n) is 1.66. The van der Waals surface area contributed by atoms with E-state index >= 15 is 0 Å². The lowest BCUT2D eigenvalue weighted by Crippen LogP contribution is -2.13. The van der Waals surface area contributed by atoms with Crippen LogP contribution in [-0.4, -0.2) is 21.0 Å². The van der Waals surface area contributed by atoms with E-state index in [-0.39, 0.29) is 5.95 Å². The third-order valence-electron chi connectivity index (χ3n) is 2.43. The Kier molecular flexibility index (Phi) is 3.08. The molecule has 3 N–H and O–H groups in total. The number of nitrogens with one attached hydrogen (secondary N) is 1. The van der Waals surface area contributed by atoms with Crippen LogP contribution in [0.3, 0.4) is 0 Å². The molecule has 0 amide bonds. The molecule has 90 valence electrons. The van der Waals surface area contributed by atoms with E-state index in [1.165, 1.54) is 0 Å². The molecule has 5 heteroatoms. The minimum Gasteiger partial charge on any atom is -0.368 e. The Labute approximate surface area is 100 Å². The highest BCUT2D eigenvalue weighted by Gasteiger charge is 2.08. The van der Waals surface area contributed by atoms with E-state index in [1.807, 2.05) is 6.07 Å². The first kappa shape index (κ1) is 11.6. The van der Waals surface area contributed by atoms with Crippen molar-refractivity contribution in [3.8, 4) is 0 Å². The van der Waals surface area contributed by atoms with Crippen molar-refractivity contribution in [1.82, 2.24) is 15.0 Å². The van der Waals surface area contributed by atoms with Crippen molar-refractivity contribution in [1.29, 1.82) is 0 Å². The number of fused-ring (bicyclic) bond motifs is 1. The molecule has 0 atom stereocenters. The highest BCUT2D eigenvalue weighted by Crippen LogP contribution is 2.21. The molecular formula is C12H17N5. The number of rotatable bonds is 3. The minimum absolute atomic E-state index is 0.273. The van der Waals surface area contributed by atoms with E-state index in [1.54, 1.807) is 6.20 Å².